The van der Waals surface area contributed by atoms with Gasteiger partial charge in [-0.05, 0) is 50.4 Å². The zero-order valence-electron chi connectivity index (χ0n) is 11.8. The molecule has 0 aliphatic carbocycles. The van der Waals surface area contributed by atoms with E-state index in [0.29, 0.717) is 6.04 Å². The number of anilines is 1. The summed E-state index contributed by atoms with van der Waals surface area (Å²) >= 11 is 0. The summed E-state index contributed by atoms with van der Waals surface area (Å²) in [5, 5.41) is 3.56. The van der Waals surface area contributed by atoms with Crippen molar-refractivity contribution in [1.82, 2.24) is 5.32 Å². The van der Waals surface area contributed by atoms with E-state index in [1.165, 1.54) is 50.0 Å². The highest BCUT2D eigenvalue weighted by Gasteiger charge is 2.11. The lowest BCUT2D eigenvalue weighted by atomic mass is 10.1. The van der Waals surface area contributed by atoms with Gasteiger partial charge in [0.05, 0.1) is 0 Å². The quantitative estimate of drug-likeness (QED) is 0.881. The van der Waals surface area contributed by atoms with Gasteiger partial charge in [0, 0.05) is 24.8 Å². The van der Waals surface area contributed by atoms with Gasteiger partial charge in [-0.1, -0.05) is 25.5 Å². The van der Waals surface area contributed by atoms with Crippen LogP contribution in [0.3, 0.4) is 0 Å². The summed E-state index contributed by atoms with van der Waals surface area (Å²) in [5.41, 5.74) is 2.85. The van der Waals surface area contributed by atoms with E-state index in [9.17, 15) is 0 Å². The highest BCUT2D eigenvalue weighted by Crippen LogP contribution is 2.18. The summed E-state index contributed by atoms with van der Waals surface area (Å²) in [6.45, 7) is 8.01. The van der Waals surface area contributed by atoms with Crippen LogP contribution in [0.2, 0.25) is 0 Å². The molecule has 1 aliphatic heterocycles. The maximum absolute atomic E-state index is 3.56. The van der Waals surface area contributed by atoms with Crippen molar-refractivity contribution in [2.75, 3.05) is 24.5 Å². The molecule has 0 amide bonds. The minimum absolute atomic E-state index is 0.646. The Bertz CT molecular complexity index is 345. The van der Waals surface area contributed by atoms with Gasteiger partial charge in [-0.2, -0.15) is 0 Å². The molecule has 2 heteroatoms. The molecule has 1 aromatic rings. The average Bonchev–Trinajstić information content (AvgIpc) is 2.36. The van der Waals surface area contributed by atoms with Crippen molar-refractivity contribution in [1.29, 1.82) is 0 Å². The van der Waals surface area contributed by atoms with Crippen LogP contribution in [0.4, 0.5) is 5.69 Å². The van der Waals surface area contributed by atoms with Crippen LogP contribution in [-0.2, 0) is 6.42 Å². The van der Waals surface area contributed by atoms with Gasteiger partial charge in [0.1, 0.15) is 0 Å². The van der Waals surface area contributed by atoms with Crippen molar-refractivity contribution in [2.45, 2.75) is 45.6 Å². The van der Waals surface area contributed by atoms with E-state index in [0.717, 1.165) is 6.54 Å². The van der Waals surface area contributed by atoms with Gasteiger partial charge in [0.25, 0.3) is 0 Å². The molecular weight excluding hydrogens is 220 g/mol. The maximum Gasteiger partial charge on any atom is 0.0366 e. The molecule has 100 valence electrons. The highest BCUT2D eigenvalue weighted by atomic mass is 15.1. The lowest BCUT2D eigenvalue weighted by Gasteiger charge is -2.29. The molecule has 1 heterocycles. The van der Waals surface area contributed by atoms with E-state index >= 15 is 0 Å². The van der Waals surface area contributed by atoms with Crippen molar-refractivity contribution in [2.24, 2.45) is 0 Å². The van der Waals surface area contributed by atoms with Crippen LogP contribution in [-0.4, -0.2) is 25.7 Å². The van der Waals surface area contributed by atoms with E-state index in [1.54, 1.807) is 0 Å². The first-order chi connectivity index (χ1) is 8.79. The third kappa shape index (κ3) is 3.74. The second-order valence-corrected chi connectivity index (χ2v) is 5.40. The van der Waals surface area contributed by atoms with Crippen LogP contribution in [0.15, 0.2) is 24.3 Å². The predicted molar refractivity (Wildman–Crippen MR) is 79.3 cm³/mol. The van der Waals surface area contributed by atoms with Crippen LogP contribution in [0, 0.1) is 0 Å². The fraction of sp³-hybridized carbons (Fsp3) is 0.625. The van der Waals surface area contributed by atoms with Crippen molar-refractivity contribution >= 4 is 5.69 Å². The number of hydrogen-bond acceptors (Lipinski definition) is 2. The molecule has 2 nitrogen and oxygen atoms in total. The molecule has 1 fully saturated rings. The lowest BCUT2D eigenvalue weighted by molar-refractivity contribution is 0.475. The van der Waals surface area contributed by atoms with Crippen LogP contribution >= 0.6 is 0 Å². The fourth-order valence-electron chi connectivity index (χ4n) is 2.60. The molecule has 1 aromatic carbocycles. The highest BCUT2D eigenvalue weighted by molar-refractivity contribution is 5.47. The molecule has 1 atom stereocenters. The smallest absolute Gasteiger partial charge is 0.0366 e. The average molecular weight is 246 g/mol. The number of nitrogens with zero attached hydrogens (tertiary/aromatic N) is 1. The summed E-state index contributed by atoms with van der Waals surface area (Å²) < 4.78 is 0. The number of nitrogens with one attached hydrogen (secondary N) is 1. The number of aryl methyl sites for hydroxylation is 1. The molecule has 18 heavy (non-hydrogen) atoms. The molecule has 0 saturated carbocycles. The van der Waals surface area contributed by atoms with Crippen LogP contribution in [0.1, 0.15) is 38.7 Å². The van der Waals surface area contributed by atoms with Crippen molar-refractivity contribution in [3.8, 4) is 0 Å². The minimum Gasteiger partial charge on any atom is -0.371 e. The van der Waals surface area contributed by atoms with E-state index in [1.807, 2.05) is 0 Å². The zero-order valence-corrected chi connectivity index (χ0v) is 11.8. The summed E-state index contributed by atoms with van der Waals surface area (Å²) in [6, 6.07) is 9.82. The summed E-state index contributed by atoms with van der Waals surface area (Å²) in [7, 11) is 0. The first-order valence-corrected chi connectivity index (χ1v) is 7.37. The Morgan fingerprint density at radius 1 is 1.22 bits per heavy atom. The summed E-state index contributed by atoms with van der Waals surface area (Å²) in [5.74, 6) is 0. The van der Waals surface area contributed by atoms with Gasteiger partial charge in [0.2, 0.25) is 0 Å². The van der Waals surface area contributed by atoms with Gasteiger partial charge >= 0.3 is 0 Å². The molecule has 0 bridgehead atoms. The summed E-state index contributed by atoms with van der Waals surface area (Å²) in [4.78, 5) is 2.53. The van der Waals surface area contributed by atoms with Gasteiger partial charge in [-0.3, -0.25) is 0 Å². The molecular formula is C16H26N2. The number of benzene rings is 1. The zero-order chi connectivity index (χ0) is 12.8. The summed E-state index contributed by atoms with van der Waals surface area (Å²) in [6.07, 6.45) is 4.89. The fourth-order valence-corrected chi connectivity index (χ4v) is 2.60. The third-order valence-corrected chi connectivity index (χ3v) is 3.77. The Kier molecular flexibility index (Phi) is 5.06. The van der Waals surface area contributed by atoms with Crippen LogP contribution in [0.25, 0.3) is 0 Å². The van der Waals surface area contributed by atoms with E-state index in [2.05, 4.69) is 48.3 Å². The normalized spacial score (nSPS) is 21.4. The molecule has 1 N–H and O–H groups in total. The molecule has 0 radical (unpaired) electrons. The first-order valence-electron chi connectivity index (χ1n) is 7.37. The van der Waals surface area contributed by atoms with Gasteiger partial charge in [0.15, 0.2) is 0 Å². The maximum atomic E-state index is 3.56. The third-order valence-electron chi connectivity index (χ3n) is 3.77. The van der Waals surface area contributed by atoms with Crippen LogP contribution in [0.5, 0.6) is 0 Å². The van der Waals surface area contributed by atoms with E-state index in [4.69, 9.17) is 0 Å². The van der Waals surface area contributed by atoms with Gasteiger partial charge < -0.3 is 10.2 Å². The SMILES string of the molecule is CCCc1ccc(N2CCCNC(C)CC2)cc1. The largest absolute Gasteiger partial charge is 0.371 e. The Balaban J connectivity index is 1.99. The number of hydrogen-bond donors (Lipinski definition) is 1. The van der Waals surface area contributed by atoms with Crippen molar-refractivity contribution in [3.05, 3.63) is 29.8 Å². The lowest BCUT2D eigenvalue weighted by Crippen LogP contribution is -2.38. The van der Waals surface area contributed by atoms with Gasteiger partial charge in [-0.15, -0.1) is 0 Å². The molecule has 2 rings (SSSR count). The predicted octanol–water partition coefficient (Wildman–Crippen LogP) is 3.22. The topological polar surface area (TPSA) is 15.3 Å². The van der Waals surface area contributed by atoms with Gasteiger partial charge in [-0.25, -0.2) is 0 Å². The minimum atomic E-state index is 0.646. The Morgan fingerprint density at radius 2 is 2.00 bits per heavy atom. The molecule has 0 spiro atoms. The van der Waals surface area contributed by atoms with Crippen molar-refractivity contribution in [3.63, 3.8) is 0 Å². The standard InChI is InChI=1S/C16H26N2/c1-3-5-15-6-8-16(9-7-15)18-12-4-11-17-14(2)10-13-18/h6-9,14,17H,3-5,10-13H2,1-2H3. The Hall–Kier alpha value is -1.02. The monoisotopic (exact) mass is 246 g/mol. The second kappa shape index (κ2) is 6.79. The van der Waals surface area contributed by atoms with Crippen LogP contribution < -0.4 is 10.2 Å². The van der Waals surface area contributed by atoms with E-state index < -0.39 is 0 Å². The van der Waals surface area contributed by atoms with Crippen molar-refractivity contribution < 1.29 is 0 Å². The Labute approximate surface area is 111 Å². The molecule has 1 aliphatic rings. The second-order valence-electron chi connectivity index (χ2n) is 5.40. The molecule has 0 aromatic heterocycles. The Morgan fingerprint density at radius 3 is 2.72 bits per heavy atom. The molecule has 1 saturated heterocycles. The van der Waals surface area contributed by atoms with E-state index in [-0.39, 0.29) is 0 Å². The first kappa shape index (κ1) is 13.4. The number of rotatable bonds is 3. The molecule has 1 unspecified atom stereocenters.